The summed E-state index contributed by atoms with van der Waals surface area (Å²) in [5.41, 5.74) is 5.20. The Morgan fingerprint density at radius 2 is 1.24 bits per heavy atom. The molecule has 4 nitrogen and oxygen atoms in total. The Bertz CT molecular complexity index is 959. The van der Waals surface area contributed by atoms with Gasteiger partial charge in [0.25, 0.3) is 0 Å². The minimum absolute atomic E-state index is 0.0448. The molecule has 0 amide bonds. The molecule has 25 heavy (non-hydrogen) atoms. The van der Waals surface area contributed by atoms with Crippen molar-refractivity contribution >= 4 is 7.82 Å². The van der Waals surface area contributed by atoms with Gasteiger partial charge in [-0.25, -0.2) is 0 Å². The maximum atomic E-state index is 11.2. The molecule has 0 aromatic heterocycles. The van der Waals surface area contributed by atoms with E-state index in [2.05, 4.69) is 0 Å². The van der Waals surface area contributed by atoms with E-state index in [0.717, 1.165) is 27.8 Å². The van der Waals surface area contributed by atoms with Crippen LogP contribution in [0.5, 0.6) is 5.75 Å². The smallest absolute Gasteiger partial charge is 0.132 e. The predicted molar refractivity (Wildman–Crippen MR) is 95.0 cm³/mol. The van der Waals surface area contributed by atoms with E-state index >= 15 is 0 Å². The number of hydrogen-bond acceptors (Lipinski definition) is 4. The molecule has 5 heteroatoms. The molecule has 0 bridgehead atoms. The molecular weight excluding hydrogens is 335 g/mol. The number of hydrogen-bond donors (Lipinski definition) is 0. The molecule has 0 heterocycles. The number of phosphoric ester groups is 1. The SMILES string of the molecule is Cc1ccccc1-c1cccc(OP(=O)([O-])[O-])c1-c1ccccc1C. The van der Waals surface area contributed by atoms with Gasteiger partial charge in [-0.2, -0.15) is 0 Å². The highest BCUT2D eigenvalue weighted by molar-refractivity contribution is 7.43. The Kier molecular flexibility index (Phi) is 4.78. The van der Waals surface area contributed by atoms with Crippen LogP contribution in [0.2, 0.25) is 0 Å². The second-order valence-corrected chi connectivity index (χ2v) is 6.92. The molecule has 0 atom stereocenters. The van der Waals surface area contributed by atoms with Crippen molar-refractivity contribution in [3.8, 4) is 28.0 Å². The molecule has 0 spiro atoms. The van der Waals surface area contributed by atoms with Crippen LogP contribution in [0.4, 0.5) is 0 Å². The van der Waals surface area contributed by atoms with Crippen molar-refractivity contribution in [2.24, 2.45) is 0 Å². The Balaban J connectivity index is 2.33. The van der Waals surface area contributed by atoms with Crippen LogP contribution < -0.4 is 14.3 Å². The molecule has 0 radical (unpaired) electrons. The van der Waals surface area contributed by atoms with Gasteiger partial charge >= 0.3 is 0 Å². The van der Waals surface area contributed by atoms with E-state index in [9.17, 15) is 14.4 Å². The summed E-state index contributed by atoms with van der Waals surface area (Å²) in [6, 6.07) is 20.5. The minimum Gasteiger partial charge on any atom is -0.780 e. The monoisotopic (exact) mass is 352 g/mol. The lowest BCUT2D eigenvalue weighted by molar-refractivity contribution is -0.333. The number of benzene rings is 3. The van der Waals surface area contributed by atoms with Crippen molar-refractivity contribution in [2.75, 3.05) is 0 Å². The summed E-state index contributed by atoms with van der Waals surface area (Å²) in [5, 5.41) is 0. The third-order valence-corrected chi connectivity index (χ3v) is 4.51. The molecule has 0 unspecified atom stereocenters. The molecule has 0 N–H and O–H groups in total. The van der Waals surface area contributed by atoms with E-state index in [1.54, 1.807) is 6.07 Å². The largest absolute Gasteiger partial charge is 0.780 e. The van der Waals surface area contributed by atoms with Crippen LogP contribution in [0.3, 0.4) is 0 Å². The highest BCUT2D eigenvalue weighted by Gasteiger charge is 2.17. The summed E-state index contributed by atoms with van der Waals surface area (Å²) in [4.78, 5) is 22.5. The van der Waals surface area contributed by atoms with Crippen molar-refractivity contribution in [3.05, 3.63) is 77.9 Å². The van der Waals surface area contributed by atoms with E-state index < -0.39 is 7.82 Å². The van der Waals surface area contributed by atoms with Gasteiger partial charge in [-0.05, 0) is 47.7 Å². The Morgan fingerprint density at radius 1 is 0.720 bits per heavy atom. The number of rotatable bonds is 4. The maximum Gasteiger partial charge on any atom is 0.132 e. The molecule has 0 saturated heterocycles. The van der Waals surface area contributed by atoms with Gasteiger partial charge in [0, 0.05) is 5.56 Å². The number of aryl methyl sites for hydroxylation is 2. The summed E-state index contributed by atoms with van der Waals surface area (Å²) in [6.07, 6.45) is 0. The lowest BCUT2D eigenvalue weighted by Gasteiger charge is -2.31. The predicted octanol–water partition coefficient (Wildman–Crippen LogP) is 3.84. The quantitative estimate of drug-likeness (QED) is 0.669. The van der Waals surface area contributed by atoms with Crippen LogP contribution in [0.1, 0.15) is 11.1 Å². The second kappa shape index (κ2) is 6.85. The van der Waals surface area contributed by atoms with Crippen LogP contribution in [0.15, 0.2) is 66.7 Å². The average molecular weight is 352 g/mol. The van der Waals surface area contributed by atoms with Gasteiger partial charge in [-0.1, -0.05) is 60.7 Å². The fraction of sp³-hybridized carbons (Fsp3) is 0.100. The fourth-order valence-electron chi connectivity index (χ4n) is 2.96. The Hall–Kier alpha value is -2.39. The van der Waals surface area contributed by atoms with Gasteiger partial charge in [0.05, 0.1) is 0 Å². The summed E-state index contributed by atoms with van der Waals surface area (Å²) in [7, 11) is -5.17. The molecule has 3 rings (SSSR count). The molecule has 0 fully saturated rings. The third-order valence-electron chi connectivity index (χ3n) is 4.09. The van der Waals surface area contributed by atoms with Gasteiger partial charge < -0.3 is 18.9 Å². The Morgan fingerprint density at radius 3 is 1.80 bits per heavy atom. The van der Waals surface area contributed by atoms with Crippen molar-refractivity contribution in [1.82, 2.24) is 0 Å². The van der Waals surface area contributed by atoms with Crippen LogP contribution in [-0.4, -0.2) is 0 Å². The standard InChI is InChI=1S/C20H19O4P/c1-14-8-3-5-10-16(14)18-12-7-13-19(24-25(21,22)23)20(18)17-11-6-4-9-15(17)2/h3-13H,1-2H3,(H2,21,22,23)/p-2. The van der Waals surface area contributed by atoms with E-state index in [1.165, 1.54) is 6.07 Å². The summed E-state index contributed by atoms with van der Waals surface area (Å²) >= 11 is 0. The highest BCUT2D eigenvalue weighted by Crippen LogP contribution is 2.44. The first-order valence-electron chi connectivity index (χ1n) is 7.83. The van der Waals surface area contributed by atoms with Gasteiger partial charge in [0.2, 0.25) is 0 Å². The first-order valence-corrected chi connectivity index (χ1v) is 9.29. The summed E-state index contributed by atoms with van der Waals surface area (Å²) in [5.74, 6) is 0.0448. The second-order valence-electron chi connectivity index (χ2n) is 5.85. The molecule has 3 aromatic carbocycles. The van der Waals surface area contributed by atoms with Crippen molar-refractivity contribution < 1.29 is 18.9 Å². The van der Waals surface area contributed by atoms with E-state index in [-0.39, 0.29) is 5.75 Å². The van der Waals surface area contributed by atoms with Crippen LogP contribution >= 0.6 is 7.82 Å². The lowest BCUT2D eigenvalue weighted by atomic mass is 9.90. The average Bonchev–Trinajstić information content (AvgIpc) is 2.55. The lowest BCUT2D eigenvalue weighted by Crippen LogP contribution is -2.19. The van der Waals surface area contributed by atoms with E-state index in [4.69, 9.17) is 4.52 Å². The van der Waals surface area contributed by atoms with Crippen LogP contribution in [0.25, 0.3) is 22.3 Å². The first-order chi connectivity index (χ1) is 11.9. The summed E-state index contributed by atoms with van der Waals surface area (Å²) < 4.78 is 16.0. The number of phosphoric acid groups is 1. The van der Waals surface area contributed by atoms with Gasteiger partial charge in [-0.15, -0.1) is 0 Å². The van der Waals surface area contributed by atoms with Crippen molar-refractivity contribution in [1.29, 1.82) is 0 Å². The molecule has 0 saturated carbocycles. The normalized spacial score (nSPS) is 11.4. The van der Waals surface area contributed by atoms with Crippen LogP contribution in [0, 0.1) is 13.8 Å². The molecule has 3 aromatic rings. The molecule has 128 valence electrons. The maximum absolute atomic E-state index is 11.2. The van der Waals surface area contributed by atoms with Crippen molar-refractivity contribution in [3.63, 3.8) is 0 Å². The zero-order chi connectivity index (χ0) is 18.0. The Labute approximate surface area is 147 Å². The van der Waals surface area contributed by atoms with E-state index in [1.807, 2.05) is 68.4 Å². The van der Waals surface area contributed by atoms with Crippen molar-refractivity contribution in [2.45, 2.75) is 13.8 Å². The third kappa shape index (κ3) is 3.83. The van der Waals surface area contributed by atoms with Gasteiger partial charge in [0.1, 0.15) is 13.6 Å². The molecule has 0 aliphatic carbocycles. The fourth-order valence-corrected chi connectivity index (χ4v) is 3.35. The van der Waals surface area contributed by atoms with Gasteiger partial charge in [0.15, 0.2) is 0 Å². The van der Waals surface area contributed by atoms with E-state index in [0.29, 0.717) is 5.56 Å². The zero-order valence-corrected chi connectivity index (χ0v) is 14.8. The van der Waals surface area contributed by atoms with Gasteiger partial charge in [-0.3, -0.25) is 0 Å². The molecule has 0 aliphatic rings. The van der Waals surface area contributed by atoms with Crippen LogP contribution in [-0.2, 0) is 4.57 Å². The first kappa shape index (κ1) is 17.4. The molecule has 0 aliphatic heterocycles. The minimum atomic E-state index is -5.17. The highest BCUT2D eigenvalue weighted by atomic mass is 31.2. The molecular formula is C20H17O4P-2. The summed E-state index contributed by atoms with van der Waals surface area (Å²) in [6.45, 7) is 3.91. The topological polar surface area (TPSA) is 72.4 Å². The zero-order valence-electron chi connectivity index (χ0n) is 13.9.